The third kappa shape index (κ3) is 2.23. The molecule has 0 bridgehead atoms. The fourth-order valence-electron chi connectivity index (χ4n) is 0.844. The van der Waals surface area contributed by atoms with Crippen molar-refractivity contribution in [1.82, 2.24) is 15.5 Å². The average Bonchev–Trinajstić information content (AvgIpc) is 2.38. The Labute approximate surface area is 66.0 Å². The molecule has 0 aliphatic rings. The highest BCUT2D eigenvalue weighted by Gasteiger charge is 1.98. The van der Waals surface area contributed by atoms with E-state index >= 15 is 0 Å². The lowest BCUT2D eigenvalue weighted by Gasteiger charge is -1.94. The van der Waals surface area contributed by atoms with Crippen LogP contribution in [-0.2, 0) is 6.54 Å². The van der Waals surface area contributed by atoms with Crippen LogP contribution in [0.3, 0.4) is 0 Å². The van der Waals surface area contributed by atoms with E-state index in [0.717, 1.165) is 18.1 Å². The standard InChI is InChI=1S/C7H13N3O/c1-3-11-7-4-6(5-8-2)9-10-7/h4,8H,3,5H2,1-2H3,(H,9,10). The Hall–Kier alpha value is -1.03. The second-order valence-electron chi connectivity index (χ2n) is 2.19. The predicted octanol–water partition coefficient (Wildman–Crippen LogP) is 0.528. The summed E-state index contributed by atoms with van der Waals surface area (Å²) in [4.78, 5) is 0. The molecule has 0 radical (unpaired) electrons. The number of hydrogen-bond acceptors (Lipinski definition) is 3. The van der Waals surface area contributed by atoms with Gasteiger partial charge in [-0.05, 0) is 14.0 Å². The fraction of sp³-hybridized carbons (Fsp3) is 0.571. The van der Waals surface area contributed by atoms with Gasteiger partial charge in [-0.3, -0.25) is 0 Å². The number of rotatable bonds is 4. The van der Waals surface area contributed by atoms with Gasteiger partial charge in [0, 0.05) is 12.6 Å². The van der Waals surface area contributed by atoms with Gasteiger partial charge in [0.05, 0.1) is 12.3 Å². The van der Waals surface area contributed by atoms with Gasteiger partial charge >= 0.3 is 0 Å². The summed E-state index contributed by atoms with van der Waals surface area (Å²) in [5.41, 5.74) is 0.968. The number of H-pyrrole nitrogens is 1. The predicted molar refractivity (Wildman–Crippen MR) is 42.5 cm³/mol. The first-order valence-electron chi connectivity index (χ1n) is 3.68. The monoisotopic (exact) mass is 155 g/mol. The molecule has 0 unspecified atom stereocenters. The summed E-state index contributed by atoms with van der Waals surface area (Å²) in [6.45, 7) is 3.38. The summed E-state index contributed by atoms with van der Waals surface area (Å²) in [5, 5.41) is 9.79. The molecule has 0 aliphatic carbocycles. The van der Waals surface area contributed by atoms with Crippen molar-refractivity contribution < 1.29 is 4.74 Å². The molecule has 62 valence electrons. The minimum Gasteiger partial charge on any atom is -0.478 e. The van der Waals surface area contributed by atoms with Crippen LogP contribution in [0.15, 0.2) is 6.07 Å². The van der Waals surface area contributed by atoms with Crippen LogP contribution >= 0.6 is 0 Å². The molecule has 1 heterocycles. The van der Waals surface area contributed by atoms with E-state index in [1.807, 2.05) is 20.0 Å². The van der Waals surface area contributed by atoms with Gasteiger partial charge in [0.25, 0.3) is 0 Å². The highest BCUT2D eigenvalue weighted by molar-refractivity contribution is 5.13. The minimum absolute atomic E-state index is 0.668. The largest absolute Gasteiger partial charge is 0.478 e. The van der Waals surface area contributed by atoms with E-state index < -0.39 is 0 Å². The molecule has 2 N–H and O–H groups in total. The maximum atomic E-state index is 5.19. The summed E-state index contributed by atoms with van der Waals surface area (Å²) < 4.78 is 5.19. The Balaban J connectivity index is 2.51. The SMILES string of the molecule is CCOc1cc(CNC)n[nH]1. The molecule has 0 saturated heterocycles. The molecule has 1 rings (SSSR count). The van der Waals surface area contributed by atoms with Crippen LogP contribution in [0.1, 0.15) is 12.6 Å². The lowest BCUT2D eigenvalue weighted by Crippen LogP contribution is -2.04. The van der Waals surface area contributed by atoms with E-state index in [1.165, 1.54) is 0 Å². The summed E-state index contributed by atoms with van der Waals surface area (Å²) in [7, 11) is 1.88. The molecular formula is C7H13N3O. The number of hydrogen-bond donors (Lipinski definition) is 2. The van der Waals surface area contributed by atoms with Crippen LogP contribution in [0.4, 0.5) is 0 Å². The van der Waals surface area contributed by atoms with Gasteiger partial charge in [-0.25, -0.2) is 5.10 Å². The topological polar surface area (TPSA) is 49.9 Å². The van der Waals surface area contributed by atoms with Gasteiger partial charge in [-0.2, -0.15) is 5.10 Å². The lowest BCUT2D eigenvalue weighted by atomic mass is 10.4. The Kier molecular flexibility index (Phi) is 2.92. The average molecular weight is 155 g/mol. The third-order valence-electron chi connectivity index (χ3n) is 1.27. The molecule has 1 aromatic rings. The van der Waals surface area contributed by atoms with E-state index in [1.54, 1.807) is 0 Å². The van der Waals surface area contributed by atoms with E-state index in [4.69, 9.17) is 4.74 Å². The number of ether oxygens (including phenoxy) is 1. The second kappa shape index (κ2) is 3.98. The Morgan fingerprint density at radius 2 is 2.55 bits per heavy atom. The Bertz CT molecular complexity index is 189. The van der Waals surface area contributed by atoms with Crippen LogP contribution in [0, 0.1) is 0 Å². The first kappa shape index (κ1) is 8.07. The van der Waals surface area contributed by atoms with Crippen molar-refractivity contribution >= 4 is 0 Å². The highest BCUT2D eigenvalue weighted by atomic mass is 16.5. The number of aromatic nitrogens is 2. The van der Waals surface area contributed by atoms with Crippen molar-refractivity contribution in [2.75, 3.05) is 13.7 Å². The summed E-state index contributed by atoms with van der Waals surface area (Å²) in [5.74, 6) is 0.734. The van der Waals surface area contributed by atoms with Gasteiger partial charge in [0.2, 0.25) is 5.88 Å². The van der Waals surface area contributed by atoms with Crippen LogP contribution in [-0.4, -0.2) is 23.9 Å². The Morgan fingerprint density at radius 3 is 3.18 bits per heavy atom. The second-order valence-corrected chi connectivity index (χ2v) is 2.19. The van der Waals surface area contributed by atoms with Crippen molar-refractivity contribution in [3.63, 3.8) is 0 Å². The molecule has 4 nitrogen and oxygen atoms in total. The maximum Gasteiger partial charge on any atom is 0.209 e. The molecule has 0 fully saturated rings. The zero-order valence-electron chi connectivity index (χ0n) is 6.85. The highest BCUT2D eigenvalue weighted by Crippen LogP contribution is 2.06. The maximum absolute atomic E-state index is 5.19. The summed E-state index contributed by atoms with van der Waals surface area (Å²) in [6, 6.07) is 1.89. The van der Waals surface area contributed by atoms with Gasteiger partial charge in [-0.15, -0.1) is 0 Å². The molecule has 0 spiro atoms. The lowest BCUT2D eigenvalue weighted by molar-refractivity contribution is 0.326. The molecule has 0 aromatic carbocycles. The van der Waals surface area contributed by atoms with Crippen molar-refractivity contribution in [1.29, 1.82) is 0 Å². The van der Waals surface area contributed by atoms with E-state index in [0.29, 0.717) is 6.61 Å². The van der Waals surface area contributed by atoms with E-state index in [9.17, 15) is 0 Å². The Morgan fingerprint density at radius 1 is 1.73 bits per heavy atom. The number of nitrogens with one attached hydrogen (secondary N) is 2. The van der Waals surface area contributed by atoms with Crippen molar-refractivity contribution in [3.8, 4) is 5.88 Å². The van der Waals surface area contributed by atoms with Crippen LogP contribution < -0.4 is 10.1 Å². The third-order valence-corrected chi connectivity index (χ3v) is 1.27. The molecule has 0 aliphatic heterocycles. The molecule has 1 aromatic heterocycles. The molecule has 0 atom stereocenters. The smallest absolute Gasteiger partial charge is 0.209 e. The molecule has 4 heteroatoms. The number of nitrogens with zero attached hydrogens (tertiary/aromatic N) is 1. The van der Waals surface area contributed by atoms with Gasteiger partial charge in [0.15, 0.2) is 0 Å². The van der Waals surface area contributed by atoms with Crippen molar-refractivity contribution in [3.05, 3.63) is 11.8 Å². The zero-order valence-corrected chi connectivity index (χ0v) is 6.85. The normalized spacial score (nSPS) is 10.0. The summed E-state index contributed by atoms with van der Waals surface area (Å²) in [6.07, 6.45) is 0. The van der Waals surface area contributed by atoms with Crippen LogP contribution in [0.5, 0.6) is 5.88 Å². The van der Waals surface area contributed by atoms with Crippen LogP contribution in [0.2, 0.25) is 0 Å². The van der Waals surface area contributed by atoms with Crippen LogP contribution in [0.25, 0.3) is 0 Å². The van der Waals surface area contributed by atoms with E-state index in [2.05, 4.69) is 15.5 Å². The van der Waals surface area contributed by atoms with E-state index in [-0.39, 0.29) is 0 Å². The number of aromatic amines is 1. The molecule has 11 heavy (non-hydrogen) atoms. The first-order chi connectivity index (χ1) is 5.36. The van der Waals surface area contributed by atoms with Crippen molar-refractivity contribution in [2.45, 2.75) is 13.5 Å². The molecule has 0 saturated carbocycles. The molecule has 0 amide bonds. The molecular weight excluding hydrogens is 142 g/mol. The van der Waals surface area contributed by atoms with Gasteiger partial charge in [0.1, 0.15) is 0 Å². The van der Waals surface area contributed by atoms with Crippen molar-refractivity contribution in [2.24, 2.45) is 0 Å². The first-order valence-corrected chi connectivity index (χ1v) is 3.68. The zero-order chi connectivity index (χ0) is 8.10. The quantitative estimate of drug-likeness (QED) is 0.666. The minimum atomic E-state index is 0.668. The van der Waals surface area contributed by atoms with Gasteiger partial charge < -0.3 is 10.1 Å². The van der Waals surface area contributed by atoms with Gasteiger partial charge in [-0.1, -0.05) is 0 Å². The summed E-state index contributed by atoms with van der Waals surface area (Å²) >= 11 is 0. The fourth-order valence-corrected chi connectivity index (χ4v) is 0.844.